The Hall–Kier alpha value is -1.65. The average Bonchev–Trinajstić information content (AvgIpc) is 3.01. The molecule has 0 unspecified atom stereocenters. The first-order valence-corrected chi connectivity index (χ1v) is 5.24. The molecule has 1 aromatic carbocycles. The third kappa shape index (κ3) is 1.97. The minimum Gasteiger partial charge on any atom is -0.496 e. The van der Waals surface area contributed by atoms with E-state index in [2.05, 4.69) is 0 Å². The Balaban J connectivity index is 2.50. The highest BCUT2D eigenvalue weighted by molar-refractivity contribution is 5.70. The van der Waals surface area contributed by atoms with Crippen LogP contribution in [-0.2, 0) is 10.2 Å². The molecular weight excluding hydrogens is 230 g/mol. The van der Waals surface area contributed by atoms with Gasteiger partial charge < -0.3 is 9.84 Å². The Morgan fingerprint density at radius 1 is 1.47 bits per heavy atom. The number of halogens is 2. The van der Waals surface area contributed by atoms with Gasteiger partial charge in [-0.3, -0.25) is 4.79 Å². The monoisotopic (exact) mass is 242 g/mol. The van der Waals surface area contributed by atoms with E-state index in [1.807, 2.05) is 0 Å². The number of rotatable bonds is 4. The van der Waals surface area contributed by atoms with Crippen LogP contribution in [0.25, 0.3) is 0 Å². The van der Waals surface area contributed by atoms with E-state index < -0.39 is 23.0 Å². The van der Waals surface area contributed by atoms with Gasteiger partial charge in [0.1, 0.15) is 5.75 Å². The summed E-state index contributed by atoms with van der Waals surface area (Å²) in [4.78, 5) is 10.8. The van der Waals surface area contributed by atoms with E-state index >= 15 is 0 Å². The molecular formula is C12H12F2O3. The minimum atomic E-state index is -1.02. The third-order valence-corrected chi connectivity index (χ3v) is 3.15. The fourth-order valence-corrected chi connectivity index (χ4v) is 2.15. The van der Waals surface area contributed by atoms with Crippen molar-refractivity contribution in [3.05, 3.63) is 29.3 Å². The molecule has 0 amide bonds. The lowest BCUT2D eigenvalue weighted by atomic mass is 9.91. The van der Waals surface area contributed by atoms with Gasteiger partial charge in [-0.25, -0.2) is 8.78 Å². The maximum atomic E-state index is 13.8. The molecule has 0 aromatic heterocycles. The largest absolute Gasteiger partial charge is 0.496 e. The van der Waals surface area contributed by atoms with Crippen LogP contribution in [-0.4, -0.2) is 18.2 Å². The first-order chi connectivity index (χ1) is 8.00. The zero-order valence-corrected chi connectivity index (χ0v) is 9.30. The zero-order chi connectivity index (χ0) is 12.6. The Morgan fingerprint density at radius 3 is 2.59 bits per heavy atom. The number of benzene rings is 1. The van der Waals surface area contributed by atoms with Gasteiger partial charge in [0.2, 0.25) is 0 Å². The number of carboxylic acid groups (broad SMARTS) is 1. The van der Waals surface area contributed by atoms with Gasteiger partial charge in [-0.15, -0.1) is 0 Å². The number of methoxy groups -OCH3 is 1. The summed E-state index contributed by atoms with van der Waals surface area (Å²) in [7, 11) is 1.35. The molecule has 3 nitrogen and oxygen atoms in total. The lowest BCUT2D eigenvalue weighted by molar-refractivity contribution is -0.137. The Labute approximate surface area is 97.0 Å². The van der Waals surface area contributed by atoms with Crippen molar-refractivity contribution in [2.45, 2.75) is 24.7 Å². The van der Waals surface area contributed by atoms with Crippen LogP contribution in [0.15, 0.2) is 12.1 Å². The SMILES string of the molecule is COc1ccc(F)c(F)c1C1(CC(=O)O)CC1. The summed E-state index contributed by atoms with van der Waals surface area (Å²) >= 11 is 0. The number of carboxylic acids is 1. The van der Waals surface area contributed by atoms with Crippen LogP contribution >= 0.6 is 0 Å². The summed E-state index contributed by atoms with van der Waals surface area (Å²) in [6.07, 6.45) is 0.871. The molecule has 0 bridgehead atoms. The van der Waals surface area contributed by atoms with Crippen LogP contribution in [0.3, 0.4) is 0 Å². The Bertz CT molecular complexity index is 467. The smallest absolute Gasteiger partial charge is 0.304 e. The summed E-state index contributed by atoms with van der Waals surface area (Å²) in [5.74, 6) is -2.78. The summed E-state index contributed by atoms with van der Waals surface area (Å²) in [6.45, 7) is 0. The van der Waals surface area contributed by atoms with Crippen LogP contribution in [0.5, 0.6) is 5.75 Å². The summed E-state index contributed by atoms with van der Waals surface area (Å²) < 4.78 is 32.0. The molecule has 0 radical (unpaired) electrons. The molecule has 5 heteroatoms. The maximum Gasteiger partial charge on any atom is 0.304 e. The van der Waals surface area contributed by atoms with Crippen LogP contribution < -0.4 is 4.74 Å². The number of ether oxygens (including phenoxy) is 1. The van der Waals surface area contributed by atoms with Crippen LogP contribution in [0, 0.1) is 11.6 Å². The van der Waals surface area contributed by atoms with E-state index in [-0.39, 0.29) is 17.7 Å². The minimum absolute atomic E-state index is 0.0578. The highest BCUT2D eigenvalue weighted by Gasteiger charge is 2.50. The lowest BCUT2D eigenvalue weighted by Crippen LogP contribution is -2.16. The van der Waals surface area contributed by atoms with Gasteiger partial charge in [0.15, 0.2) is 11.6 Å². The maximum absolute atomic E-state index is 13.8. The Kier molecular flexibility index (Phi) is 2.77. The predicted octanol–water partition coefficient (Wildman–Crippen LogP) is 2.48. The molecule has 1 aromatic rings. The van der Waals surface area contributed by atoms with Crippen molar-refractivity contribution in [2.75, 3.05) is 7.11 Å². The third-order valence-electron chi connectivity index (χ3n) is 3.15. The van der Waals surface area contributed by atoms with Gasteiger partial charge in [0, 0.05) is 11.0 Å². The van der Waals surface area contributed by atoms with Crippen molar-refractivity contribution in [2.24, 2.45) is 0 Å². The summed E-state index contributed by atoms with van der Waals surface area (Å²) in [6, 6.07) is 2.31. The van der Waals surface area contributed by atoms with Crippen molar-refractivity contribution < 1.29 is 23.4 Å². The van der Waals surface area contributed by atoms with E-state index in [4.69, 9.17) is 9.84 Å². The molecule has 17 heavy (non-hydrogen) atoms. The van der Waals surface area contributed by atoms with Crippen molar-refractivity contribution >= 4 is 5.97 Å². The second-order valence-corrected chi connectivity index (χ2v) is 4.29. The molecule has 1 aliphatic carbocycles. The summed E-state index contributed by atoms with van der Waals surface area (Å²) in [5.41, 5.74) is -0.744. The molecule has 0 atom stereocenters. The number of hydrogen-bond acceptors (Lipinski definition) is 2. The number of aliphatic carboxylic acids is 1. The molecule has 1 fully saturated rings. The van der Waals surface area contributed by atoms with Gasteiger partial charge in [0.05, 0.1) is 13.5 Å². The van der Waals surface area contributed by atoms with Gasteiger partial charge in [-0.05, 0) is 25.0 Å². The van der Waals surface area contributed by atoms with Gasteiger partial charge in [-0.1, -0.05) is 0 Å². The highest BCUT2D eigenvalue weighted by Crippen LogP contribution is 2.54. The topological polar surface area (TPSA) is 46.5 Å². The first-order valence-electron chi connectivity index (χ1n) is 5.24. The molecule has 0 aliphatic heterocycles. The molecule has 0 spiro atoms. The molecule has 92 valence electrons. The van der Waals surface area contributed by atoms with Crippen LogP contribution in [0.4, 0.5) is 8.78 Å². The fourth-order valence-electron chi connectivity index (χ4n) is 2.15. The zero-order valence-electron chi connectivity index (χ0n) is 9.30. The molecule has 0 heterocycles. The average molecular weight is 242 g/mol. The number of carbonyl (C=O) groups is 1. The van der Waals surface area contributed by atoms with E-state index in [1.54, 1.807) is 0 Å². The van der Waals surface area contributed by atoms with E-state index in [0.717, 1.165) is 6.07 Å². The van der Waals surface area contributed by atoms with Crippen LogP contribution in [0.2, 0.25) is 0 Å². The molecule has 2 rings (SSSR count). The first kappa shape index (κ1) is 11.8. The fraction of sp³-hybridized carbons (Fsp3) is 0.417. The second kappa shape index (κ2) is 3.98. The van der Waals surface area contributed by atoms with Crippen molar-refractivity contribution in [3.8, 4) is 5.75 Å². The van der Waals surface area contributed by atoms with Crippen molar-refractivity contribution in [3.63, 3.8) is 0 Å². The number of hydrogen-bond donors (Lipinski definition) is 1. The molecule has 1 aliphatic rings. The van der Waals surface area contributed by atoms with Crippen molar-refractivity contribution in [1.29, 1.82) is 0 Å². The lowest BCUT2D eigenvalue weighted by Gasteiger charge is -2.18. The molecule has 1 saturated carbocycles. The quantitative estimate of drug-likeness (QED) is 0.882. The second-order valence-electron chi connectivity index (χ2n) is 4.29. The van der Waals surface area contributed by atoms with Gasteiger partial charge >= 0.3 is 5.97 Å². The van der Waals surface area contributed by atoms with Crippen molar-refractivity contribution in [1.82, 2.24) is 0 Å². The Morgan fingerprint density at radius 2 is 2.12 bits per heavy atom. The summed E-state index contributed by atoms with van der Waals surface area (Å²) in [5, 5.41) is 8.82. The standard InChI is InChI=1S/C12H12F2O3/c1-17-8-3-2-7(13)11(14)10(8)12(4-5-12)6-9(15)16/h2-3H,4-6H2,1H3,(H,15,16). The molecule has 0 saturated heterocycles. The van der Waals surface area contributed by atoms with E-state index in [0.29, 0.717) is 12.8 Å². The van der Waals surface area contributed by atoms with Gasteiger partial charge in [0.25, 0.3) is 0 Å². The normalized spacial score (nSPS) is 16.6. The van der Waals surface area contributed by atoms with E-state index in [1.165, 1.54) is 13.2 Å². The highest BCUT2D eigenvalue weighted by atomic mass is 19.2. The van der Waals surface area contributed by atoms with Gasteiger partial charge in [-0.2, -0.15) is 0 Å². The van der Waals surface area contributed by atoms with Crippen LogP contribution in [0.1, 0.15) is 24.8 Å². The molecule has 1 N–H and O–H groups in total. The van der Waals surface area contributed by atoms with E-state index in [9.17, 15) is 13.6 Å². The predicted molar refractivity (Wildman–Crippen MR) is 56.1 cm³/mol.